The van der Waals surface area contributed by atoms with Gasteiger partial charge in [-0.15, -0.1) is 11.3 Å². The van der Waals surface area contributed by atoms with Crippen LogP contribution in [0.1, 0.15) is 56.6 Å². The Balaban J connectivity index is 1.27. The number of benzene rings is 1. The van der Waals surface area contributed by atoms with Crippen LogP contribution in [0.4, 0.5) is 11.5 Å². The van der Waals surface area contributed by atoms with Crippen LogP contribution in [0.25, 0.3) is 0 Å². The minimum absolute atomic E-state index is 0.302. The Morgan fingerprint density at radius 3 is 2.56 bits per heavy atom. The first-order chi connectivity index (χ1) is 16.2. The molecule has 2 aromatic heterocycles. The number of nitrogens with zero attached hydrogens (tertiary/aromatic N) is 3. The minimum atomic E-state index is -3.24. The third-order valence-corrected chi connectivity index (χ3v) is 10.5. The van der Waals surface area contributed by atoms with Crippen LogP contribution in [-0.2, 0) is 4.57 Å². The average molecular weight is 497 g/mol. The fourth-order valence-electron chi connectivity index (χ4n) is 5.00. The highest BCUT2D eigenvalue weighted by molar-refractivity contribution is 7.71. The van der Waals surface area contributed by atoms with E-state index < -0.39 is 13.0 Å². The molecular weight excluding hydrogens is 467 g/mol. The molecule has 3 heterocycles. The van der Waals surface area contributed by atoms with Crippen molar-refractivity contribution in [3.8, 4) is 5.88 Å². The topological polar surface area (TPSA) is 111 Å². The van der Waals surface area contributed by atoms with Crippen molar-refractivity contribution in [1.82, 2.24) is 9.97 Å². The Kier molecular flexibility index (Phi) is 6.09. The van der Waals surface area contributed by atoms with E-state index in [1.165, 1.54) is 23.2 Å². The fourth-order valence-corrected chi connectivity index (χ4v) is 8.09. The molecule has 1 aliphatic carbocycles. The van der Waals surface area contributed by atoms with Crippen LogP contribution in [0.15, 0.2) is 53.1 Å². The summed E-state index contributed by atoms with van der Waals surface area (Å²) < 4.78 is 19.5. The molecule has 1 unspecified atom stereocenters. The van der Waals surface area contributed by atoms with E-state index in [-0.39, 0.29) is 0 Å². The van der Waals surface area contributed by atoms with Crippen molar-refractivity contribution in [3.63, 3.8) is 0 Å². The maximum atomic E-state index is 12.8. The smallest absolute Gasteiger partial charge is 0.246 e. The van der Waals surface area contributed by atoms with Crippen molar-refractivity contribution in [2.75, 3.05) is 11.9 Å². The standard InChI is InChI=1S/C25H29N4O3PS/c1-25(2)22(29-21-23(26)27-15-28-24(21)32-25)19-11-9-18(10-12-19)17-7-5-16(6-8-17)14-33(30,31)20-4-3-13-34-20/h3-4,9-13,15-17H,5-8,14H2,1-2H3,(H,30,31)(H2,26,27,28). The van der Waals surface area contributed by atoms with E-state index >= 15 is 0 Å². The molecule has 0 bridgehead atoms. The molecule has 0 spiro atoms. The Hall–Kier alpha value is -2.54. The van der Waals surface area contributed by atoms with Gasteiger partial charge in [0.25, 0.3) is 0 Å². The van der Waals surface area contributed by atoms with Crippen LogP contribution in [0.2, 0.25) is 0 Å². The van der Waals surface area contributed by atoms with Gasteiger partial charge in [0.1, 0.15) is 11.9 Å². The number of nitrogen functional groups attached to an aromatic ring is 1. The number of fused-ring (bicyclic) bond motifs is 1. The van der Waals surface area contributed by atoms with Crippen molar-refractivity contribution in [3.05, 3.63) is 59.2 Å². The van der Waals surface area contributed by atoms with E-state index in [0.717, 1.165) is 37.0 Å². The second kappa shape index (κ2) is 8.91. The Bertz CT molecular complexity index is 1250. The second-order valence-corrected chi connectivity index (χ2v) is 13.2. The summed E-state index contributed by atoms with van der Waals surface area (Å²) in [6, 6.07) is 12.1. The van der Waals surface area contributed by atoms with Gasteiger partial charge in [-0.25, -0.2) is 9.98 Å². The summed E-state index contributed by atoms with van der Waals surface area (Å²) in [6.45, 7) is 3.94. The average Bonchev–Trinajstić information content (AvgIpc) is 3.35. The monoisotopic (exact) mass is 496 g/mol. The van der Waals surface area contributed by atoms with E-state index in [9.17, 15) is 9.46 Å². The van der Waals surface area contributed by atoms with Crippen molar-refractivity contribution >= 4 is 40.5 Å². The zero-order valence-electron chi connectivity index (χ0n) is 19.3. The van der Waals surface area contributed by atoms with Crippen molar-refractivity contribution < 1.29 is 14.2 Å². The van der Waals surface area contributed by atoms with Gasteiger partial charge in [0.15, 0.2) is 11.5 Å². The van der Waals surface area contributed by atoms with Crippen LogP contribution in [0.3, 0.4) is 0 Å². The number of hydrogen-bond donors (Lipinski definition) is 2. The number of anilines is 1. The third kappa shape index (κ3) is 4.54. The molecule has 0 amide bonds. The molecule has 1 saturated carbocycles. The molecule has 7 nitrogen and oxygen atoms in total. The molecule has 5 rings (SSSR count). The highest BCUT2D eigenvalue weighted by atomic mass is 32.1. The largest absolute Gasteiger partial charge is 0.463 e. The van der Waals surface area contributed by atoms with Gasteiger partial charge in [0.2, 0.25) is 13.2 Å². The highest BCUT2D eigenvalue weighted by Gasteiger charge is 2.35. The zero-order valence-corrected chi connectivity index (χ0v) is 21.1. The predicted octanol–water partition coefficient (Wildman–Crippen LogP) is 5.28. The van der Waals surface area contributed by atoms with Crippen LogP contribution >= 0.6 is 18.7 Å². The van der Waals surface area contributed by atoms with Crippen molar-refractivity contribution in [2.24, 2.45) is 10.9 Å². The summed E-state index contributed by atoms with van der Waals surface area (Å²) in [5.41, 5.74) is 8.90. The van der Waals surface area contributed by atoms with E-state index in [2.05, 4.69) is 34.2 Å². The van der Waals surface area contributed by atoms with E-state index in [1.807, 2.05) is 25.3 Å². The number of ether oxygens (including phenoxy) is 1. The van der Waals surface area contributed by atoms with Gasteiger partial charge in [-0.1, -0.05) is 30.3 Å². The number of aromatic nitrogens is 2. The third-order valence-electron chi connectivity index (χ3n) is 6.82. The summed E-state index contributed by atoms with van der Waals surface area (Å²) in [6.07, 6.45) is 5.80. The van der Waals surface area contributed by atoms with Crippen LogP contribution < -0.4 is 15.1 Å². The van der Waals surface area contributed by atoms with E-state index in [0.29, 0.717) is 40.0 Å². The number of hydrogen-bond acceptors (Lipinski definition) is 7. The molecule has 1 aliphatic heterocycles. The molecule has 3 aromatic rings. The van der Waals surface area contributed by atoms with E-state index in [4.69, 9.17) is 15.5 Å². The minimum Gasteiger partial charge on any atom is -0.463 e. The van der Waals surface area contributed by atoms with Crippen LogP contribution in [0.5, 0.6) is 5.88 Å². The molecule has 9 heteroatoms. The Morgan fingerprint density at radius 1 is 1.15 bits per heavy atom. The molecule has 1 aromatic carbocycles. The van der Waals surface area contributed by atoms with Gasteiger partial charge >= 0.3 is 0 Å². The zero-order chi connectivity index (χ0) is 23.9. The first-order valence-corrected chi connectivity index (χ1v) is 14.3. The summed E-state index contributed by atoms with van der Waals surface area (Å²) in [5.74, 6) is 1.47. The van der Waals surface area contributed by atoms with Gasteiger partial charge in [-0.3, -0.25) is 4.57 Å². The number of aliphatic imine (C=N–C) groups is 1. The van der Waals surface area contributed by atoms with Crippen LogP contribution in [0, 0.1) is 5.92 Å². The summed E-state index contributed by atoms with van der Waals surface area (Å²) in [5, 5.41) is 1.87. The predicted molar refractivity (Wildman–Crippen MR) is 137 cm³/mol. The van der Waals surface area contributed by atoms with Gasteiger partial charge in [-0.2, -0.15) is 4.98 Å². The lowest BCUT2D eigenvalue weighted by molar-refractivity contribution is 0.171. The molecule has 34 heavy (non-hydrogen) atoms. The van der Waals surface area contributed by atoms with Crippen molar-refractivity contribution in [1.29, 1.82) is 0 Å². The van der Waals surface area contributed by atoms with Crippen molar-refractivity contribution in [2.45, 2.75) is 51.0 Å². The summed E-state index contributed by atoms with van der Waals surface area (Å²) >= 11 is 1.38. The quantitative estimate of drug-likeness (QED) is 0.465. The van der Waals surface area contributed by atoms with Gasteiger partial charge in [0.05, 0.1) is 10.3 Å². The Morgan fingerprint density at radius 2 is 1.88 bits per heavy atom. The molecule has 3 N–H and O–H groups in total. The molecule has 1 atom stereocenters. The highest BCUT2D eigenvalue weighted by Crippen LogP contribution is 2.47. The van der Waals surface area contributed by atoms with Gasteiger partial charge in [0, 0.05) is 11.7 Å². The number of rotatable bonds is 5. The lowest BCUT2D eigenvalue weighted by atomic mass is 9.79. The van der Waals surface area contributed by atoms with Gasteiger partial charge < -0.3 is 15.4 Å². The van der Waals surface area contributed by atoms with E-state index in [1.54, 1.807) is 6.07 Å². The summed E-state index contributed by atoms with van der Waals surface area (Å²) in [4.78, 5) is 23.5. The maximum Gasteiger partial charge on any atom is 0.246 e. The molecular formula is C25H29N4O3PS. The first kappa shape index (κ1) is 23.2. The molecule has 0 radical (unpaired) electrons. The lowest BCUT2D eigenvalue weighted by Gasteiger charge is -2.32. The molecule has 2 aliphatic rings. The number of nitrogens with two attached hydrogens (primary N) is 1. The normalized spacial score (nSPS) is 23.3. The first-order valence-electron chi connectivity index (χ1n) is 11.6. The molecule has 178 valence electrons. The maximum absolute atomic E-state index is 12.8. The Labute approximate surface area is 203 Å². The van der Waals surface area contributed by atoms with Gasteiger partial charge in [-0.05, 0) is 68.4 Å². The number of thiophene rings is 1. The molecule has 1 fully saturated rings. The SMILES string of the molecule is CC1(C)Oc2ncnc(N)c2N=C1c1ccc(C2CCC(CP(=O)(O)c3cccs3)CC2)cc1. The second-order valence-electron chi connectivity index (χ2n) is 9.66. The molecule has 0 saturated heterocycles. The fraction of sp³-hybridized carbons (Fsp3) is 0.400. The lowest BCUT2D eigenvalue weighted by Crippen LogP contribution is -2.41. The summed E-state index contributed by atoms with van der Waals surface area (Å²) in [7, 11) is -3.24. The van der Waals surface area contributed by atoms with Crippen LogP contribution in [-0.4, -0.2) is 32.3 Å².